The van der Waals surface area contributed by atoms with Crippen LogP contribution in [-0.4, -0.2) is 35.1 Å². The minimum atomic E-state index is -0.471. The first-order chi connectivity index (χ1) is 9.47. The number of aromatic nitrogens is 2. The number of ether oxygens (including phenoxy) is 1. The second-order valence-electron chi connectivity index (χ2n) is 4.24. The maximum absolute atomic E-state index is 13.1. The quantitative estimate of drug-likeness (QED) is 0.863. The number of halogens is 1. The fourth-order valence-electron chi connectivity index (χ4n) is 1.43. The lowest BCUT2D eigenvalue weighted by atomic mass is 10.3. The number of carbonyl (C=O) groups excluding carboxylic acids is 1. The van der Waals surface area contributed by atoms with Crippen LogP contribution >= 0.6 is 0 Å². The van der Waals surface area contributed by atoms with E-state index in [1.165, 1.54) is 29.2 Å². The summed E-state index contributed by atoms with van der Waals surface area (Å²) in [5.41, 5.74) is 6.12. The predicted octanol–water partition coefficient (Wildman–Crippen LogP) is 1.69. The van der Waals surface area contributed by atoms with E-state index in [0.717, 1.165) is 6.07 Å². The zero-order valence-corrected chi connectivity index (χ0v) is 11.0. The van der Waals surface area contributed by atoms with Gasteiger partial charge in [-0.05, 0) is 18.2 Å². The molecule has 0 fully saturated rings. The highest BCUT2D eigenvalue weighted by Gasteiger charge is 2.11. The summed E-state index contributed by atoms with van der Waals surface area (Å²) in [5.74, 6) is -0.473. The summed E-state index contributed by atoms with van der Waals surface area (Å²) in [6, 6.07) is 6.71. The highest BCUT2D eigenvalue weighted by Crippen LogP contribution is 2.26. The number of rotatable bonds is 3. The normalized spacial score (nSPS) is 10.2. The fourth-order valence-corrected chi connectivity index (χ4v) is 1.43. The van der Waals surface area contributed by atoms with Crippen molar-refractivity contribution in [3.8, 4) is 11.6 Å². The lowest BCUT2D eigenvalue weighted by molar-refractivity contribution is 0.0820. The number of nitrogens with two attached hydrogens (primary N) is 1. The Balaban J connectivity index is 2.19. The molecule has 0 aliphatic heterocycles. The van der Waals surface area contributed by atoms with Gasteiger partial charge in [0, 0.05) is 26.2 Å². The molecule has 6 nitrogen and oxygen atoms in total. The number of anilines is 1. The van der Waals surface area contributed by atoms with Crippen molar-refractivity contribution in [3.63, 3.8) is 0 Å². The molecule has 0 unspecified atom stereocenters. The third-order valence-electron chi connectivity index (χ3n) is 2.46. The second-order valence-corrected chi connectivity index (χ2v) is 4.24. The van der Waals surface area contributed by atoms with E-state index < -0.39 is 5.82 Å². The molecule has 1 aromatic carbocycles. The Bertz CT molecular complexity index is 629. The summed E-state index contributed by atoms with van der Waals surface area (Å²) in [6.45, 7) is 0. The summed E-state index contributed by atoms with van der Waals surface area (Å²) in [5, 5.41) is 7.50. The number of hydrogen-bond acceptors (Lipinski definition) is 5. The molecule has 0 aliphatic rings. The van der Waals surface area contributed by atoms with Gasteiger partial charge in [0.25, 0.3) is 5.91 Å². The van der Waals surface area contributed by atoms with Crippen LogP contribution in [0.4, 0.5) is 10.1 Å². The first kappa shape index (κ1) is 13.7. The van der Waals surface area contributed by atoms with Crippen molar-refractivity contribution in [2.45, 2.75) is 0 Å². The van der Waals surface area contributed by atoms with Gasteiger partial charge in [-0.25, -0.2) is 4.39 Å². The summed E-state index contributed by atoms with van der Waals surface area (Å²) in [4.78, 5) is 13.0. The van der Waals surface area contributed by atoms with Gasteiger partial charge in [-0.3, -0.25) is 4.79 Å². The summed E-state index contributed by atoms with van der Waals surface area (Å²) in [7, 11) is 3.23. The highest BCUT2D eigenvalue weighted by atomic mass is 19.1. The molecule has 0 spiro atoms. The standard InChI is InChI=1S/C13H13FN4O2/c1-18(2)13(19)10-5-6-12(17-16-10)20-11-7-8(14)3-4-9(11)15/h3-7H,15H2,1-2H3. The molecule has 0 atom stereocenters. The van der Waals surface area contributed by atoms with Gasteiger partial charge in [0.05, 0.1) is 5.69 Å². The van der Waals surface area contributed by atoms with E-state index in [9.17, 15) is 9.18 Å². The minimum Gasteiger partial charge on any atom is -0.435 e. The van der Waals surface area contributed by atoms with E-state index in [-0.39, 0.29) is 28.9 Å². The molecule has 1 amide bonds. The number of carbonyl (C=O) groups is 1. The third kappa shape index (κ3) is 3.00. The molecule has 0 aliphatic carbocycles. The van der Waals surface area contributed by atoms with Crippen LogP contribution < -0.4 is 10.5 Å². The number of amides is 1. The summed E-state index contributed by atoms with van der Waals surface area (Å²) < 4.78 is 18.4. The molecule has 0 bridgehead atoms. The van der Waals surface area contributed by atoms with Gasteiger partial charge in [0.15, 0.2) is 11.4 Å². The molecule has 104 valence electrons. The lowest BCUT2D eigenvalue weighted by Crippen LogP contribution is -2.23. The summed E-state index contributed by atoms with van der Waals surface area (Å²) >= 11 is 0. The van der Waals surface area contributed by atoms with E-state index in [4.69, 9.17) is 10.5 Å². The van der Waals surface area contributed by atoms with Gasteiger partial charge in [-0.2, -0.15) is 0 Å². The van der Waals surface area contributed by atoms with Crippen molar-refractivity contribution in [2.24, 2.45) is 0 Å². The second kappa shape index (κ2) is 5.52. The van der Waals surface area contributed by atoms with E-state index >= 15 is 0 Å². The van der Waals surface area contributed by atoms with Crippen LogP contribution in [0.3, 0.4) is 0 Å². The molecule has 1 heterocycles. The fraction of sp³-hybridized carbons (Fsp3) is 0.154. The van der Waals surface area contributed by atoms with Gasteiger partial charge in [-0.15, -0.1) is 10.2 Å². The van der Waals surface area contributed by atoms with E-state index in [1.54, 1.807) is 14.1 Å². The zero-order chi connectivity index (χ0) is 14.7. The number of benzene rings is 1. The van der Waals surface area contributed by atoms with Crippen LogP contribution in [0.15, 0.2) is 30.3 Å². The average molecular weight is 276 g/mol. The number of nitrogens with zero attached hydrogens (tertiary/aromatic N) is 3. The Kier molecular flexibility index (Phi) is 3.79. The third-order valence-corrected chi connectivity index (χ3v) is 2.46. The van der Waals surface area contributed by atoms with Crippen molar-refractivity contribution >= 4 is 11.6 Å². The van der Waals surface area contributed by atoms with Gasteiger partial charge < -0.3 is 15.4 Å². The molecule has 2 aromatic rings. The van der Waals surface area contributed by atoms with Crippen molar-refractivity contribution in [2.75, 3.05) is 19.8 Å². The Morgan fingerprint density at radius 2 is 2.00 bits per heavy atom. The molecule has 0 radical (unpaired) electrons. The first-order valence-corrected chi connectivity index (χ1v) is 5.75. The molecular formula is C13H13FN4O2. The number of nitrogen functional groups attached to an aromatic ring is 1. The van der Waals surface area contributed by atoms with Crippen molar-refractivity contribution in [3.05, 3.63) is 41.8 Å². The van der Waals surface area contributed by atoms with Crippen molar-refractivity contribution < 1.29 is 13.9 Å². The molecule has 0 saturated carbocycles. The lowest BCUT2D eigenvalue weighted by Gasteiger charge is -2.10. The molecule has 20 heavy (non-hydrogen) atoms. The van der Waals surface area contributed by atoms with E-state index in [0.29, 0.717) is 0 Å². The Morgan fingerprint density at radius 1 is 1.25 bits per heavy atom. The van der Waals surface area contributed by atoms with E-state index in [1.807, 2.05) is 0 Å². The van der Waals surface area contributed by atoms with E-state index in [2.05, 4.69) is 10.2 Å². The largest absolute Gasteiger partial charge is 0.435 e. The highest BCUT2D eigenvalue weighted by molar-refractivity contribution is 5.91. The molecule has 2 N–H and O–H groups in total. The SMILES string of the molecule is CN(C)C(=O)c1ccc(Oc2cc(F)ccc2N)nn1. The molecule has 0 saturated heterocycles. The van der Waals surface area contributed by atoms with Crippen molar-refractivity contribution in [1.29, 1.82) is 0 Å². The average Bonchev–Trinajstić information content (AvgIpc) is 2.43. The predicted molar refractivity (Wildman–Crippen MR) is 70.9 cm³/mol. The molecule has 2 rings (SSSR count). The maximum Gasteiger partial charge on any atom is 0.273 e. The van der Waals surface area contributed by atoms with Crippen LogP contribution in [0, 0.1) is 5.82 Å². The van der Waals surface area contributed by atoms with Crippen LogP contribution in [0.2, 0.25) is 0 Å². The van der Waals surface area contributed by atoms with Crippen LogP contribution in [0.1, 0.15) is 10.5 Å². The smallest absolute Gasteiger partial charge is 0.273 e. The van der Waals surface area contributed by atoms with Crippen molar-refractivity contribution in [1.82, 2.24) is 15.1 Å². The van der Waals surface area contributed by atoms with Crippen LogP contribution in [0.25, 0.3) is 0 Å². The van der Waals surface area contributed by atoms with Crippen LogP contribution in [-0.2, 0) is 0 Å². The van der Waals surface area contributed by atoms with Gasteiger partial charge in [-0.1, -0.05) is 0 Å². The Labute approximate surface area is 115 Å². The van der Waals surface area contributed by atoms with Crippen LogP contribution in [0.5, 0.6) is 11.6 Å². The summed E-state index contributed by atoms with van der Waals surface area (Å²) in [6.07, 6.45) is 0. The van der Waals surface area contributed by atoms with Gasteiger partial charge >= 0.3 is 0 Å². The molecular weight excluding hydrogens is 263 g/mol. The molecule has 1 aromatic heterocycles. The zero-order valence-electron chi connectivity index (χ0n) is 11.0. The van der Waals surface area contributed by atoms with Gasteiger partial charge in [0.2, 0.25) is 5.88 Å². The Morgan fingerprint density at radius 3 is 2.60 bits per heavy atom. The Hall–Kier alpha value is -2.70. The number of hydrogen-bond donors (Lipinski definition) is 1. The minimum absolute atomic E-state index is 0.123. The monoisotopic (exact) mass is 276 g/mol. The van der Waals surface area contributed by atoms with Gasteiger partial charge in [0.1, 0.15) is 5.82 Å². The topological polar surface area (TPSA) is 81.3 Å². The first-order valence-electron chi connectivity index (χ1n) is 5.75. The maximum atomic E-state index is 13.1. The molecule has 7 heteroatoms.